The molecule has 0 spiro atoms. The van der Waals surface area contributed by atoms with Crippen molar-refractivity contribution in [3.05, 3.63) is 0 Å². The quantitative estimate of drug-likeness (QED) is 0.688. The summed E-state index contributed by atoms with van der Waals surface area (Å²) >= 11 is 0. The molecule has 17 heavy (non-hydrogen) atoms. The van der Waals surface area contributed by atoms with E-state index >= 15 is 0 Å². The molecule has 0 bridgehead atoms. The minimum atomic E-state index is -4.46. The third-order valence-corrected chi connectivity index (χ3v) is 1.59. The average Bonchev–Trinajstić information content (AvgIpc) is 2.20. The van der Waals surface area contributed by atoms with Crippen molar-refractivity contribution in [1.82, 2.24) is 5.32 Å². The number of hydrogen-bond donors (Lipinski definition) is 2. The number of rotatable bonds is 6. The molecule has 0 aliphatic heterocycles. The molecule has 1 atom stereocenters. The third kappa shape index (κ3) is 8.31. The van der Waals surface area contributed by atoms with Crippen molar-refractivity contribution < 1.29 is 37.3 Å². The molecule has 0 heterocycles. The first kappa shape index (κ1) is 15.5. The maximum atomic E-state index is 11.7. The van der Waals surface area contributed by atoms with E-state index in [0.29, 0.717) is 0 Å². The molecule has 0 aliphatic rings. The van der Waals surface area contributed by atoms with Crippen molar-refractivity contribution in [3.63, 3.8) is 0 Å². The molecule has 6 nitrogen and oxygen atoms in total. The van der Waals surface area contributed by atoms with E-state index in [4.69, 9.17) is 5.11 Å². The lowest BCUT2D eigenvalue weighted by Gasteiger charge is -2.14. The molecule has 0 unspecified atom stereocenters. The molecule has 0 saturated carbocycles. The van der Waals surface area contributed by atoms with Gasteiger partial charge in [-0.1, -0.05) is 0 Å². The van der Waals surface area contributed by atoms with Crippen molar-refractivity contribution in [2.24, 2.45) is 0 Å². The first-order valence-corrected chi connectivity index (χ1v) is 4.48. The Balaban J connectivity index is 3.94. The second kappa shape index (κ2) is 6.94. The minimum Gasteiger partial charge on any atom is -0.480 e. The molecule has 2 N–H and O–H groups in total. The van der Waals surface area contributed by atoms with Crippen LogP contribution in [-0.2, 0) is 14.3 Å². The zero-order chi connectivity index (χ0) is 13.5. The zero-order valence-corrected chi connectivity index (χ0v) is 8.91. The van der Waals surface area contributed by atoms with Crippen molar-refractivity contribution in [3.8, 4) is 0 Å². The molecule has 0 rings (SSSR count). The van der Waals surface area contributed by atoms with Gasteiger partial charge in [0.2, 0.25) is 0 Å². The van der Waals surface area contributed by atoms with E-state index in [0.717, 1.165) is 7.11 Å². The Morgan fingerprint density at radius 1 is 1.41 bits per heavy atom. The number of carbonyl (C=O) groups is 2. The Bertz CT molecular complexity index is 268. The van der Waals surface area contributed by atoms with Gasteiger partial charge in [0.05, 0.1) is 7.11 Å². The minimum absolute atomic E-state index is 0.291. The molecule has 0 aromatic rings. The molecule has 0 aromatic carbocycles. The molecular weight excluding hydrogens is 247 g/mol. The predicted molar refractivity (Wildman–Crippen MR) is 48.5 cm³/mol. The molecule has 1 amide bonds. The fourth-order valence-corrected chi connectivity index (χ4v) is 0.848. The summed E-state index contributed by atoms with van der Waals surface area (Å²) < 4.78 is 43.4. The lowest BCUT2D eigenvalue weighted by molar-refractivity contribution is -0.174. The topological polar surface area (TPSA) is 84.9 Å². The Labute approximate surface area is 94.7 Å². The van der Waals surface area contributed by atoms with Gasteiger partial charge in [-0.05, 0) is 0 Å². The van der Waals surface area contributed by atoms with Gasteiger partial charge >= 0.3 is 18.2 Å². The van der Waals surface area contributed by atoms with E-state index in [1.165, 1.54) is 0 Å². The lowest BCUT2D eigenvalue weighted by atomic mass is 10.2. The van der Waals surface area contributed by atoms with Gasteiger partial charge in [0.15, 0.2) is 0 Å². The van der Waals surface area contributed by atoms with E-state index < -0.39 is 37.5 Å². The lowest BCUT2D eigenvalue weighted by Crippen LogP contribution is -2.41. The second-order valence-electron chi connectivity index (χ2n) is 2.98. The van der Waals surface area contributed by atoms with Crippen LogP contribution in [0.2, 0.25) is 0 Å². The highest BCUT2D eigenvalue weighted by molar-refractivity contribution is 5.79. The number of amides is 1. The monoisotopic (exact) mass is 259 g/mol. The smallest absolute Gasteiger partial charge is 0.411 e. The predicted octanol–water partition coefficient (Wildman–Crippen LogP) is 0.765. The van der Waals surface area contributed by atoms with Crippen LogP contribution < -0.4 is 5.32 Å². The summed E-state index contributed by atoms with van der Waals surface area (Å²) in [4.78, 5) is 21.3. The van der Waals surface area contributed by atoms with Gasteiger partial charge in [-0.2, -0.15) is 13.2 Å². The molecule has 9 heteroatoms. The number of carboxylic acids is 1. The van der Waals surface area contributed by atoms with E-state index in [1.807, 2.05) is 5.32 Å². The van der Waals surface area contributed by atoms with Crippen molar-refractivity contribution in [1.29, 1.82) is 0 Å². The van der Waals surface area contributed by atoms with Gasteiger partial charge in [0.1, 0.15) is 12.6 Å². The Morgan fingerprint density at radius 2 is 2.00 bits per heavy atom. The molecular formula is C8H12F3NO5. The van der Waals surface area contributed by atoms with Gasteiger partial charge in [-0.15, -0.1) is 0 Å². The van der Waals surface area contributed by atoms with Crippen LogP contribution in [-0.4, -0.2) is 49.7 Å². The Morgan fingerprint density at radius 3 is 2.41 bits per heavy atom. The highest BCUT2D eigenvalue weighted by Crippen LogP contribution is 2.14. The largest absolute Gasteiger partial charge is 0.480 e. The highest BCUT2D eigenvalue weighted by Gasteiger charge is 2.28. The van der Waals surface area contributed by atoms with Gasteiger partial charge in [-0.25, -0.2) is 9.59 Å². The van der Waals surface area contributed by atoms with Crippen LogP contribution in [0.25, 0.3) is 0 Å². The van der Waals surface area contributed by atoms with E-state index in [2.05, 4.69) is 9.47 Å². The number of hydrogen-bond acceptors (Lipinski definition) is 4. The zero-order valence-electron chi connectivity index (χ0n) is 8.91. The summed E-state index contributed by atoms with van der Waals surface area (Å²) in [6.07, 6.45) is -5.73. The first-order valence-electron chi connectivity index (χ1n) is 4.48. The number of methoxy groups -OCH3 is 1. The maximum absolute atomic E-state index is 11.7. The van der Waals surface area contributed by atoms with Crippen LogP contribution in [0.3, 0.4) is 0 Å². The Hall–Kier alpha value is -1.51. The summed E-state index contributed by atoms with van der Waals surface area (Å²) in [5.74, 6) is -1.38. The number of halogens is 3. The van der Waals surface area contributed by atoms with E-state index in [-0.39, 0.29) is 6.42 Å². The van der Waals surface area contributed by atoms with Crippen LogP contribution in [0.4, 0.5) is 18.0 Å². The number of carbonyl (C=O) groups excluding carboxylic acids is 1. The summed E-state index contributed by atoms with van der Waals surface area (Å²) in [6, 6.07) is -1.35. The maximum Gasteiger partial charge on any atom is 0.411 e. The number of ether oxygens (including phenoxy) is 2. The molecule has 0 radical (unpaired) electrons. The molecule has 0 aromatic heterocycles. The summed E-state index contributed by atoms with van der Waals surface area (Å²) in [5, 5.41) is 10.6. The summed E-state index contributed by atoms with van der Waals surface area (Å²) in [5.41, 5.74) is 0. The van der Waals surface area contributed by atoms with Gasteiger partial charge < -0.3 is 19.9 Å². The van der Waals surface area contributed by atoms with Crippen LogP contribution in [0.15, 0.2) is 0 Å². The van der Waals surface area contributed by atoms with Crippen molar-refractivity contribution >= 4 is 12.1 Å². The van der Waals surface area contributed by atoms with Crippen LogP contribution >= 0.6 is 0 Å². The van der Waals surface area contributed by atoms with Crippen LogP contribution in [0, 0.1) is 0 Å². The summed E-state index contributed by atoms with van der Waals surface area (Å²) in [6.45, 7) is -1.90. The number of carboxylic acid groups (broad SMARTS) is 1. The van der Waals surface area contributed by atoms with E-state index in [1.54, 1.807) is 0 Å². The van der Waals surface area contributed by atoms with Gasteiger partial charge in [-0.3, -0.25) is 0 Å². The fraction of sp³-hybridized carbons (Fsp3) is 0.750. The second-order valence-corrected chi connectivity index (χ2v) is 2.98. The van der Waals surface area contributed by atoms with Crippen molar-refractivity contribution in [2.75, 3.05) is 20.3 Å². The molecule has 0 fully saturated rings. The number of aliphatic carboxylic acids is 1. The SMILES string of the molecule is COC(=O)N[C@@H](CCOCC(F)(F)F)C(=O)O. The number of alkyl carbamates (subject to hydrolysis) is 1. The van der Waals surface area contributed by atoms with Crippen LogP contribution in [0.1, 0.15) is 6.42 Å². The average molecular weight is 259 g/mol. The first-order chi connectivity index (χ1) is 7.76. The molecule has 0 saturated heterocycles. The van der Waals surface area contributed by atoms with Gasteiger partial charge in [0, 0.05) is 13.0 Å². The van der Waals surface area contributed by atoms with Gasteiger partial charge in [0.25, 0.3) is 0 Å². The van der Waals surface area contributed by atoms with Crippen molar-refractivity contribution in [2.45, 2.75) is 18.6 Å². The normalized spacial score (nSPS) is 12.9. The third-order valence-electron chi connectivity index (χ3n) is 1.59. The number of alkyl halides is 3. The Kier molecular flexibility index (Phi) is 6.33. The molecule has 0 aliphatic carbocycles. The molecule has 100 valence electrons. The van der Waals surface area contributed by atoms with Crippen LogP contribution in [0.5, 0.6) is 0 Å². The standard InChI is InChI=1S/C8H12F3NO5/c1-16-7(15)12-5(6(13)14)2-3-17-4-8(9,10)11/h5H,2-4H2,1H3,(H,12,15)(H,13,14)/t5-/m0/s1. The fourth-order valence-electron chi connectivity index (χ4n) is 0.848. The number of nitrogens with one attached hydrogen (secondary N) is 1. The highest BCUT2D eigenvalue weighted by atomic mass is 19.4. The van der Waals surface area contributed by atoms with E-state index in [9.17, 15) is 22.8 Å². The summed E-state index contributed by atoms with van der Waals surface area (Å²) in [7, 11) is 1.04.